The van der Waals surface area contributed by atoms with Gasteiger partial charge in [0.25, 0.3) is 0 Å². The van der Waals surface area contributed by atoms with Crippen molar-refractivity contribution >= 4 is 0 Å². The van der Waals surface area contributed by atoms with Crippen LogP contribution in [-0.2, 0) is 13.1 Å². The van der Waals surface area contributed by atoms with Gasteiger partial charge in [-0.3, -0.25) is 4.68 Å². The van der Waals surface area contributed by atoms with E-state index in [1.807, 2.05) is 0 Å². The Labute approximate surface area is 117 Å². The molecule has 1 aromatic heterocycles. The minimum absolute atomic E-state index is 0.774. The Morgan fingerprint density at radius 2 is 2.21 bits per heavy atom. The van der Waals surface area contributed by atoms with E-state index in [0.717, 1.165) is 25.0 Å². The first-order valence-electron chi connectivity index (χ1n) is 7.99. The predicted octanol–water partition coefficient (Wildman–Crippen LogP) is 3.66. The number of unbranched alkanes of at least 4 members (excludes halogenated alkanes) is 1. The van der Waals surface area contributed by atoms with Crippen molar-refractivity contribution in [3.63, 3.8) is 0 Å². The Balaban J connectivity index is 1.86. The number of nitrogens with one attached hydrogen (secondary N) is 1. The fraction of sp³-hybridized carbons (Fsp3) is 0.812. The summed E-state index contributed by atoms with van der Waals surface area (Å²) in [7, 11) is 0. The maximum Gasteiger partial charge on any atom is 0.0638 e. The molecule has 1 N–H and O–H groups in total. The van der Waals surface area contributed by atoms with Crippen molar-refractivity contribution in [2.75, 3.05) is 0 Å². The molecule has 0 aromatic carbocycles. The standard InChI is InChI=1S/C16H29N3/c1-4-6-7-14(5-2)11-19-12-15(13(3)18-19)10-17-16-8-9-16/h12,14,16-17H,4-11H2,1-3H3. The van der Waals surface area contributed by atoms with Crippen LogP contribution in [0.5, 0.6) is 0 Å². The number of nitrogens with zero attached hydrogens (tertiary/aromatic N) is 2. The highest BCUT2D eigenvalue weighted by Gasteiger charge is 2.20. The number of aromatic nitrogens is 2. The Hall–Kier alpha value is -0.830. The smallest absolute Gasteiger partial charge is 0.0638 e. The Kier molecular flexibility index (Phi) is 5.44. The molecular weight excluding hydrogens is 234 g/mol. The quantitative estimate of drug-likeness (QED) is 0.737. The second-order valence-corrected chi connectivity index (χ2v) is 6.03. The third-order valence-corrected chi connectivity index (χ3v) is 4.20. The molecule has 1 fully saturated rings. The topological polar surface area (TPSA) is 29.9 Å². The molecular formula is C16H29N3. The summed E-state index contributed by atoms with van der Waals surface area (Å²) < 4.78 is 2.17. The van der Waals surface area contributed by atoms with Gasteiger partial charge < -0.3 is 5.32 Å². The predicted molar refractivity (Wildman–Crippen MR) is 80.1 cm³/mol. The lowest BCUT2D eigenvalue weighted by Crippen LogP contribution is -2.15. The molecule has 19 heavy (non-hydrogen) atoms. The summed E-state index contributed by atoms with van der Waals surface area (Å²) in [6.07, 6.45) is 10.2. The van der Waals surface area contributed by atoms with E-state index in [9.17, 15) is 0 Å². The van der Waals surface area contributed by atoms with E-state index in [2.05, 4.69) is 42.1 Å². The largest absolute Gasteiger partial charge is 0.310 e. The van der Waals surface area contributed by atoms with Crippen LogP contribution >= 0.6 is 0 Å². The molecule has 1 aliphatic rings. The van der Waals surface area contributed by atoms with Crippen LogP contribution in [0.15, 0.2) is 6.20 Å². The summed E-state index contributed by atoms with van der Waals surface area (Å²) in [5, 5.41) is 8.26. The van der Waals surface area contributed by atoms with Crippen molar-refractivity contribution in [1.29, 1.82) is 0 Å². The zero-order valence-electron chi connectivity index (χ0n) is 12.8. The van der Waals surface area contributed by atoms with Crippen LogP contribution in [0.4, 0.5) is 0 Å². The van der Waals surface area contributed by atoms with Crippen molar-refractivity contribution in [2.24, 2.45) is 5.92 Å². The first-order valence-corrected chi connectivity index (χ1v) is 7.99. The van der Waals surface area contributed by atoms with Crippen LogP contribution in [0.25, 0.3) is 0 Å². The van der Waals surface area contributed by atoms with Gasteiger partial charge in [0, 0.05) is 30.9 Å². The average molecular weight is 263 g/mol. The second kappa shape index (κ2) is 7.09. The molecule has 108 valence electrons. The zero-order chi connectivity index (χ0) is 13.7. The van der Waals surface area contributed by atoms with E-state index in [-0.39, 0.29) is 0 Å². The van der Waals surface area contributed by atoms with Crippen molar-refractivity contribution in [3.8, 4) is 0 Å². The van der Waals surface area contributed by atoms with E-state index >= 15 is 0 Å². The number of hydrogen-bond acceptors (Lipinski definition) is 2. The average Bonchev–Trinajstić information content (AvgIpc) is 3.17. The minimum Gasteiger partial charge on any atom is -0.310 e. The fourth-order valence-electron chi connectivity index (χ4n) is 2.55. The summed E-state index contributed by atoms with van der Waals surface area (Å²) in [5.41, 5.74) is 2.57. The van der Waals surface area contributed by atoms with Crippen molar-refractivity contribution in [2.45, 2.75) is 78.4 Å². The van der Waals surface area contributed by atoms with E-state index < -0.39 is 0 Å². The third kappa shape index (κ3) is 4.64. The summed E-state index contributed by atoms with van der Waals surface area (Å²) in [4.78, 5) is 0. The van der Waals surface area contributed by atoms with Gasteiger partial charge in [0.05, 0.1) is 5.69 Å². The monoisotopic (exact) mass is 263 g/mol. The molecule has 1 aromatic rings. The van der Waals surface area contributed by atoms with Gasteiger partial charge in [-0.1, -0.05) is 33.1 Å². The lowest BCUT2D eigenvalue weighted by Gasteiger charge is -2.14. The highest BCUT2D eigenvalue weighted by Crippen LogP contribution is 2.20. The molecule has 1 atom stereocenters. The van der Waals surface area contributed by atoms with Crippen LogP contribution in [0.2, 0.25) is 0 Å². The van der Waals surface area contributed by atoms with Gasteiger partial charge in [-0.15, -0.1) is 0 Å². The Morgan fingerprint density at radius 3 is 2.84 bits per heavy atom. The summed E-state index contributed by atoms with van der Waals surface area (Å²) in [6, 6.07) is 0.774. The summed E-state index contributed by atoms with van der Waals surface area (Å²) in [6.45, 7) is 8.77. The molecule has 0 saturated heterocycles. The van der Waals surface area contributed by atoms with Crippen LogP contribution in [0, 0.1) is 12.8 Å². The van der Waals surface area contributed by atoms with Crippen molar-refractivity contribution in [1.82, 2.24) is 15.1 Å². The second-order valence-electron chi connectivity index (χ2n) is 6.03. The van der Waals surface area contributed by atoms with Gasteiger partial charge in [0.15, 0.2) is 0 Å². The van der Waals surface area contributed by atoms with Crippen LogP contribution < -0.4 is 5.32 Å². The molecule has 0 spiro atoms. The van der Waals surface area contributed by atoms with Gasteiger partial charge in [-0.25, -0.2) is 0 Å². The highest BCUT2D eigenvalue weighted by molar-refractivity contribution is 5.15. The Bertz CT molecular complexity index is 379. The van der Waals surface area contributed by atoms with E-state index in [0.29, 0.717) is 0 Å². The normalized spacial score (nSPS) is 16.8. The van der Waals surface area contributed by atoms with E-state index in [1.54, 1.807) is 0 Å². The van der Waals surface area contributed by atoms with Crippen LogP contribution in [-0.4, -0.2) is 15.8 Å². The maximum atomic E-state index is 4.68. The van der Waals surface area contributed by atoms with Crippen LogP contribution in [0.1, 0.15) is 63.6 Å². The fourth-order valence-corrected chi connectivity index (χ4v) is 2.55. The SMILES string of the molecule is CCCCC(CC)Cn1cc(CNC2CC2)c(C)n1. The maximum absolute atomic E-state index is 4.68. The van der Waals surface area contributed by atoms with Gasteiger partial charge in [-0.2, -0.15) is 5.10 Å². The van der Waals surface area contributed by atoms with Gasteiger partial charge in [-0.05, 0) is 32.1 Å². The minimum atomic E-state index is 0.774. The molecule has 1 unspecified atom stereocenters. The van der Waals surface area contributed by atoms with E-state index in [4.69, 9.17) is 0 Å². The van der Waals surface area contributed by atoms with Gasteiger partial charge in [0.1, 0.15) is 0 Å². The van der Waals surface area contributed by atoms with Crippen LogP contribution in [0.3, 0.4) is 0 Å². The molecule has 0 amide bonds. The molecule has 0 bridgehead atoms. The molecule has 3 nitrogen and oxygen atoms in total. The molecule has 1 heterocycles. The number of hydrogen-bond donors (Lipinski definition) is 1. The molecule has 0 aliphatic heterocycles. The van der Waals surface area contributed by atoms with Crippen molar-refractivity contribution < 1.29 is 0 Å². The molecule has 1 aliphatic carbocycles. The summed E-state index contributed by atoms with van der Waals surface area (Å²) >= 11 is 0. The molecule has 1 saturated carbocycles. The van der Waals surface area contributed by atoms with Gasteiger partial charge in [0.2, 0.25) is 0 Å². The van der Waals surface area contributed by atoms with Crippen molar-refractivity contribution in [3.05, 3.63) is 17.5 Å². The molecule has 2 rings (SSSR count). The Morgan fingerprint density at radius 1 is 1.42 bits per heavy atom. The van der Waals surface area contributed by atoms with Gasteiger partial charge >= 0.3 is 0 Å². The lowest BCUT2D eigenvalue weighted by molar-refractivity contribution is 0.371. The first-order chi connectivity index (χ1) is 9.22. The highest BCUT2D eigenvalue weighted by atomic mass is 15.3. The summed E-state index contributed by atoms with van der Waals surface area (Å²) in [5.74, 6) is 0.781. The first kappa shape index (κ1) is 14.6. The number of rotatable bonds is 9. The lowest BCUT2D eigenvalue weighted by atomic mass is 9.99. The molecule has 0 radical (unpaired) electrons. The number of aryl methyl sites for hydroxylation is 1. The molecule has 3 heteroatoms. The zero-order valence-corrected chi connectivity index (χ0v) is 12.8. The third-order valence-electron chi connectivity index (χ3n) is 4.20. The van der Waals surface area contributed by atoms with E-state index in [1.165, 1.54) is 49.8 Å².